The molecule has 0 saturated carbocycles. The molecule has 2 rings (SSSR count). The minimum Gasteiger partial charge on any atom is -0.480 e. The average Bonchev–Trinajstić information content (AvgIpc) is 2.54. The lowest BCUT2D eigenvalue weighted by Crippen LogP contribution is -2.42. The van der Waals surface area contributed by atoms with Gasteiger partial charge in [-0.05, 0) is 11.1 Å². The van der Waals surface area contributed by atoms with E-state index in [4.69, 9.17) is 5.11 Å². The highest BCUT2D eigenvalue weighted by Crippen LogP contribution is 2.07. The van der Waals surface area contributed by atoms with Gasteiger partial charge in [0.1, 0.15) is 6.54 Å². The largest absolute Gasteiger partial charge is 0.480 e. The number of carbonyl (C=O) groups is 3. The van der Waals surface area contributed by atoms with Crippen molar-refractivity contribution in [1.29, 1.82) is 0 Å². The van der Waals surface area contributed by atoms with Gasteiger partial charge in [-0.15, -0.1) is 0 Å². The second-order valence-electron chi connectivity index (χ2n) is 5.09. The van der Waals surface area contributed by atoms with E-state index in [2.05, 4.69) is 0 Å². The van der Waals surface area contributed by atoms with E-state index in [0.717, 1.165) is 16.0 Å². The first kappa shape index (κ1) is 16.4. The van der Waals surface area contributed by atoms with Crippen LogP contribution in [-0.4, -0.2) is 34.3 Å². The van der Waals surface area contributed by atoms with Gasteiger partial charge in [-0.1, -0.05) is 60.7 Å². The lowest BCUT2D eigenvalue weighted by atomic mass is 10.1. The molecule has 0 spiro atoms. The van der Waals surface area contributed by atoms with Crippen LogP contribution < -0.4 is 0 Å². The zero-order chi connectivity index (χ0) is 16.7. The van der Waals surface area contributed by atoms with Gasteiger partial charge in [0.05, 0.1) is 12.8 Å². The molecule has 5 heteroatoms. The Hall–Kier alpha value is -2.95. The normalized spacial score (nSPS) is 10.1. The van der Waals surface area contributed by atoms with Crippen molar-refractivity contribution in [3.05, 3.63) is 71.8 Å². The van der Waals surface area contributed by atoms with Gasteiger partial charge in [0, 0.05) is 0 Å². The number of carboxylic acid groups (broad SMARTS) is 1. The van der Waals surface area contributed by atoms with E-state index in [1.165, 1.54) is 0 Å². The van der Waals surface area contributed by atoms with Crippen molar-refractivity contribution in [3.8, 4) is 0 Å². The van der Waals surface area contributed by atoms with Crippen molar-refractivity contribution < 1.29 is 19.5 Å². The van der Waals surface area contributed by atoms with Crippen LogP contribution in [0.4, 0.5) is 0 Å². The third kappa shape index (κ3) is 5.07. The van der Waals surface area contributed by atoms with E-state index in [9.17, 15) is 14.4 Å². The van der Waals surface area contributed by atoms with Gasteiger partial charge in [0.25, 0.3) is 0 Å². The summed E-state index contributed by atoms with van der Waals surface area (Å²) in [6, 6.07) is 17.8. The van der Waals surface area contributed by atoms with Crippen molar-refractivity contribution in [2.75, 3.05) is 6.54 Å². The summed E-state index contributed by atoms with van der Waals surface area (Å²) in [5.41, 5.74) is 1.47. The number of amides is 2. The van der Waals surface area contributed by atoms with Gasteiger partial charge >= 0.3 is 5.97 Å². The minimum absolute atomic E-state index is 0.00531. The van der Waals surface area contributed by atoms with E-state index in [1.807, 2.05) is 12.1 Å². The van der Waals surface area contributed by atoms with Crippen molar-refractivity contribution in [2.45, 2.75) is 12.8 Å². The maximum Gasteiger partial charge on any atom is 0.323 e. The molecule has 0 radical (unpaired) electrons. The quantitative estimate of drug-likeness (QED) is 0.884. The number of rotatable bonds is 6. The van der Waals surface area contributed by atoms with Gasteiger partial charge in [-0.25, -0.2) is 0 Å². The first-order valence-corrected chi connectivity index (χ1v) is 7.19. The predicted octanol–water partition coefficient (Wildman–Crippen LogP) is 1.91. The number of carboxylic acids is 1. The highest BCUT2D eigenvalue weighted by Gasteiger charge is 2.24. The Kier molecular flexibility index (Phi) is 5.63. The molecule has 0 aliphatic rings. The zero-order valence-corrected chi connectivity index (χ0v) is 12.5. The molecule has 0 aromatic heterocycles. The molecule has 0 atom stereocenters. The first-order chi connectivity index (χ1) is 11.1. The minimum atomic E-state index is -1.21. The lowest BCUT2D eigenvalue weighted by molar-refractivity contribution is -0.152. The van der Waals surface area contributed by atoms with E-state index in [0.29, 0.717) is 0 Å². The SMILES string of the molecule is O=C(O)CN(C(=O)Cc1ccccc1)C(=O)Cc1ccccc1. The molecule has 0 unspecified atom stereocenters. The fourth-order valence-electron chi connectivity index (χ4n) is 2.18. The Morgan fingerprint density at radius 2 is 1.13 bits per heavy atom. The maximum absolute atomic E-state index is 12.3. The summed E-state index contributed by atoms with van der Waals surface area (Å²) in [6.07, 6.45) is -0.0106. The van der Waals surface area contributed by atoms with Gasteiger partial charge < -0.3 is 5.11 Å². The molecule has 0 fully saturated rings. The molecule has 0 saturated heterocycles. The molecular weight excluding hydrogens is 294 g/mol. The summed E-state index contributed by atoms with van der Waals surface area (Å²) in [6.45, 7) is -0.628. The molecule has 118 valence electrons. The van der Waals surface area contributed by atoms with E-state index in [-0.39, 0.29) is 12.8 Å². The summed E-state index contributed by atoms with van der Waals surface area (Å²) >= 11 is 0. The highest BCUT2D eigenvalue weighted by molar-refractivity contribution is 5.99. The van der Waals surface area contributed by atoms with Crippen molar-refractivity contribution in [2.24, 2.45) is 0 Å². The van der Waals surface area contributed by atoms with Crippen LogP contribution in [0.2, 0.25) is 0 Å². The molecule has 0 bridgehead atoms. The van der Waals surface area contributed by atoms with Gasteiger partial charge in [0.2, 0.25) is 11.8 Å². The molecular formula is C18H17NO4. The average molecular weight is 311 g/mol. The molecule has 0 aliphatic heterocycles. The number of aliphatic carboxylic acids is 1. The summed E-state index contributed by atoms with van der Waals surface area (Å²) < 4.78 is 0. The summed E-state index contributed by atoms with van der Waals surface area (Å²) in [5, 5.41) is 8.97. The molecule has 0 heterocycles. The number of hydrogen-bond donors (Lipinski definition) is 1. The van der Waals surface area contributed by atoms with Crippen molar-refractivity contribution in [3.63, 3.8) is 0 Å². The fraction of sp³-hybridized carbons (Fsp3) is 0.167. The Labute approximate surface area is 134 Å². The fourth-order valence-corrected chi connectivity index (χ4v) is 2.18. The maximum atomic E-state index is 12.3. The van der Waals surface area contributed by atoms with Crippen LogP contribution in [0, 0.1) is 0 Å². The molecule has 2 amide bonds. The molecule has 2 aromatic carbocycles. The lowest BCUT2D eigenvalue weighted by Gasteiger charge is -2.19. The standard InChI is InChI=1S/C18H17NO4/c20-16(11-14-7-3-1-4-8-14)19(13-18(22)23)17(21)12-15-9-5-2-6-10-15/h1-10H,11-13H2,(H,22,23). The number of nitrogens with zero attached hydrogens (tertiary/aromatic N) is 1. The molecule has 5 nitrogen and oxygen atoms in total. The summed E-state index contributed by atoms with van der Waals surface area (Å²) in [5.74, 6) is -2.24. The number of carbonyl (C=O) groups excluding carboxylic acids is 2. The second kappa shape index (κ2) is 7.89. The Morgan fingerprint density at radius 3 is 1.48 bits per heavy atom. The summed E-state index contributed by atoms with van der Waals surface area (Å²) in [4.78, 5) is 36.4. The van der Waals surface area contributed by atoms with Crippen LogP contribution >= 0.6 is 0 Å². The van der Waals surface area contributed by atoms with Crippen molar-refractivity contribution in [1.82, 2.24) is 4.90 Å². The van der Waals surface area contributed by atoms with Gasteiger partial charge in [-0.3, -0.25) is 19.3 Å². The Morgan fingerprint density at radius 1 is 0.739 bits per heavy atom. The molecule has 1 N–H and O–H groups in total. The predicted molar refractivity (Wildman–Crippen MR) is 84.6 cm³/mol. The topological polar surface area (TPSA) is 74.7 Å². The van der Waals surface area contributed by atoms with E-state index < -0.39 is 24.3 Å². The third-order valence-corrected chi connectivity index (χ3v) is 3.29. The Balaban J connectivity index is 2.10. The molecule has 0 aliphatic carbocycles. The van der Waals surface area contributed by atoms with Crippen molar-refractivity contribution >= 4 is 17.8 Å². The number of benzene rings is 2. The molecule has 2 aromatic rings. The third-order valence-electron chi connectivity index (χ3n) is 3.29. The van der Waals surface area contributed by atoms with Crippen LogP contribution in [0.15, 0.2) is 60.7 Å². The second-order valence-corrected chi connectivity index (χ2v) is 5.09. The molecule has 23 heavy (non-hydrogen) atoms. The van der Waals surface area contributed by atoms with Gasteiger partial charge in [0.15, 0.2) is 0 Å². The van der Waals surface area contributed by atoms with Crippen LogP contribution in [0.5, 0.6) is 0 Å². The van der Waals surface area contributed by atoms with Crippen LogP contribution in [-0.2, 0) is 27.2 Å². The van der Waals surface area contributed by atoms with Crippen LogP contribution in [0.3, 0.4) is 0 Å². The zero-order valence-electron chi connectivity index (χ0n) is 12.5. The van der Waals surface area contributed by atoms with Crippen LogP contribution in [0.1, 0.15) is 11.1 Å². The first-order valence-electron chi connectivity index (χ1n) is 7.19. The number of imide groups is 1. The van der Waals surface area contributed by atoms with E-state index in [1.54, 1.807) is 48.5 Å². The van der Waals surface area contributed by atoms with E-state index >= 15 is 0 Å². The highest BCUT2D eigenvalue weighted by atomic mass is 16.4. The Bertz CT molecular complexity index is 629. The number of hydrogen-bond acceptors (Lipinski definition) is 3. The monoisotopic (exact) mass is 311 g/mol. The smallest absolute Gasteiger partial charge is 0.323 e. The van der Waals surface area contributed by atoms with Crippen LogP contribution in [0.25, 0.3) is 0 Å². The van der Waals surface area contributed by atoms with Gasteiger partial charge in [-0.2, -0.15) is 0 Å². The summed E-state index contributed by atoms with van der Waals surface area (Å²) in [7, 11) is 0.